The molecular weight excluding hydrogens is 322 g/mol. The van der Waals surface area contributed by atoms with Gasteiger partial charge < -0.3 is 9.47 Å². The molecule has 0 aliphatic heterocycles. The summed E-state index contributed by atoms with van der Waals surface area (Å²) in [6.07, 6.45) is 0. The number of hydrogen-bond donors (Lipinski definition) is 0. The third kappa shape index (κ3) is 3.31. The van der Waals surface area contributed by atoms with Crippen LogP contribution in [0.3, 0.4) is 0 Å². The first-order valence-electron chi connectivity index (χ1n) is 7.59. The number of thiazole rings is 1. The van der Waals surface area contributed by atoms with Crippen LogP contribution < -0.4 is 4.74 Å². The fourth-order valence-electron chi connectivity index (χ4n) is 2.34. The quantitative estimate of drug-likeness (QED) is 0.634. The molecule has 5 heteroatoms. The van der Waals surface area contributed by atoms with Crippen molar-refractivity contribution in [3.63, 3.8) is 0 Å². The van der Waals surface area contributed by atoms with Crippen molar-refractivity contribution in [1.82, 2.24) is 4.98 Å². The Morgan fingerprint density at radius 1 is 1.12 bits per heavy atom. The Hall–Kier alpha value is -2.66. The van der Waals surface area contributed by atoms with E-state index in [-0.39, 0.29) is 5.97 Å². The summed E-state index contributed by atoms with van der Waals surface area (Å²) in [7, 11) is 1.65. The van der Waals surface area contributed by atoms with Crippen LogP contribution in [0.4, 0.5) is 0 Å². The van der Waals surface area contributed by atoms with Crippen molar-refractivity contribution >= 4 is 17.3 Å². The SMILES string of the molecule is CCOC(=O)c1ccc(-c2csc(-c3ccccc3OC)n2)cc1. The summed E-state index contributed by atoms with van der Waals surface area (Å²) in [5.74, 6) is 0.494. The van der Waals surface area contributed by atoms with Crippen molar-refractivity contribution in [3.05, 3.63) is 59.5 Å². The molecule has 0 radical (unpaired) electrons. The topological polar surface area (TPSA) is 48.4 Å². The van der Waals surface area contributed by atoms with Crippen molar-refractivity contribution in [2.24, 2.45) is 0 Å². The molecule has 0 atom stereocenters. The van der Waals surface area contributed by atoms with E-state index in [1.807, 2.05) is 41.8 Å². The number of carbonyl (C=O) groups excluding carboxylic acids is 1. The van der Waals surface area contributed by atoms with Gasteiger partial charge in [-0.15, -0.1) is 11.3 Å². The fourth-order valence-corrected chi connectivity index (χ4v) is 3.20. The number of rotatable bonds is 5. The minimum atomic E-state index is -0.308. The first-order valence-corrected chi connectivity index (χ1v) is 8.47. The van der Waals surface area contributed by atoms with Gasteiger partial charge in [0.2, 0.25) is 0 Å². The van der Waals surface area contributed by atoms with E-state index >= 15 is 0 Å². The molecule has 24 heavy (non-hydrogen) atoms. The molecule has 0 saturated heterocycles. The molecule has 0 fully saturated rings. The third-order valence-corrected chi connectivity index (χ3v) is 4.41. The Bertz CT molecular complexity index is 840. The molecule has 0 aliphatic carbocycles. The first kappa shape index (κ1) is 16.2. The molecule has 4 nitrogen and oxygen atoms in total. The molecule has 0 saturated carbocycles. The van der Waals surface area contributed by atoms with Gasteiger partial charge in [-0.3, -0.25) is 0 Å². The number of carbonyl (C=O) groups is 1. The van der Waals surface area contributed by atoms with Gasteiger partial charge in [-0.25, -0.2) is 9.78 Å². The van der Waals surface area contributed by atoms with Gasteiger partial charge in [-0.1, -0.05) is 24.3 Å². The summed E-state index contributed by atoms with van der Waals surface area (Å²) in [6.45, 7) is 2.16. The molecule has 0 spiro atoms. The summed E-state index contributed by atoms with van der Waals surface area (Å²) in [5, 5.41) is 2.90. The highest BCUT2D eigenvalue weighted by molar-refractivity contribution is 7.13. The van der Waals surface area contributed by atoms with Gasteiger partial charge >= 0.3 is 5.97 Å². The van der Waals surface area contributed by atoms with Crippen LogP contribution in [0, 0.1) is 0 Å². The molecule has 0 unspecified atom stereocenters. The smallest absolute Gasteiger partial charge is 0.338 e. The largest absolute Gasteiger partial charge is 0.496 e. The number of aromatic nitrogens is 1. The predicted molar refractivity (Wildman–Crippen MR) is 95.5 cm³/mol. The van der Waals surface area contributed by atoms with Gasteiger partial charge in [0.05, 0.1) is 30.5 Å². The van der Waals surface area contributed by atoms with Crippen molar-refractivity contribution in [3.8, 4) is 27.6 Å². The second-order valence-electron chi connectivity index (χ2n) is 5.04. The highest BCUT2D eigenvalue weighted by Gasteiger charge is 2.12. The van der Waals surface area contributed by atoms with E-state index in [0.717, 1.165) is 27.6 Å². The molecule has 2 aromatic carbocycles. The van der Waals surface area contributed by atoms with Gasteiger partial charge in [-0.2, -0.15) is 0 Å². The molecule has 3 aromatic rings. The number of hydrogen-bond acceptors (Lipinski definition) is 5. The maximum Gasteiger partial charge on any atom is 0.338 e. The average molecular weight is 339 g/mol. The molecular formula is C19H17NO3S. The van der Waals surface area contributed by atoms with Crippen LogP contribution in [0.15, 0.2) is 53.9 Å². The molecule has 0 bridgehead atoms. The number of para-hydroxylation sites is 1. The highest BCUT2D eigenvalue weighted by Crippen LogP contribution is 2.34. The Balaban J connectivity index is 1.87. The van der Waals surface area contributed by atoms with Crippen LogP contribution >= 0.6 is 11.3 Å². The number of nitrogens with zero attached hydrogens (tertiary/aromatic N) is 1. The number of esters is 1. The molecule has 1 heterocycles. The van der Waals surface area contributed by atoms with Gasteiger partial charge in [0.1, 0.15) is 10.8 Å². The zero-order chi connectivity index (χ0) is 16.9. The molecule has 3 rings (SSSR count). The Kier molecular flexibility index (Phi) is 4.91. The lowest BCUT2D eigenvalue weighted by molar-refractivity contribution is 0.0526. The maximum absolute atomic E-state index is 11.7. The van der Waals surface area contributed by atoms with Crippen LogP contribution in [-0.2, 0) is 4.74 Å². The van der Waals surface area contributed by atoms with Crippen LogP contribution in [-0.4, -0.2) is 24.7 Å². The summed E-state index contributed by atoms with van der Waals surface area (Å²) in [6, 6.07) is 15.1. The van der Waals surface area contributed by atoms with E-state index in [4.69, 9.17) is 14.5 Å². The summed E-state index contributed by atoms with van der Waals surface area (Å²) in [5.41, 5.74) is 3.34. The maximum atomic E-state index is 11.7. The van der Waals surface area contributed by atoms with Gasteiger partial charge in [0.15, 0.2) is 0 Å². The van der Waals surface area contributed by atoms with E-state index in [1.54, 1.807) is 37.5 Å². The zero-order valence-electron chi connectivity index (χ0n) is 13.5. The van der Waals surface area contributed by atoms with Crippen LogP contribution in [0.1, 0.15) is 17.3 Å². The third-order valence-electron chi connectivity index (χ3n) is 3.53. The van der Waals surface area contributed by atoms with Crippen molar-refractivity contribution in [2.45, 2.75) is 6.92 Å². The predicted octanol–water partition coefficient (Wildman–Crippen LogP) is 4.66. The first-order chi connectivity index (χ1) is 11.7. The second kappa shape index (κ2) is 7.27. The van der Waals surface area contributed by atoms with E-state index in [9.17, 15) is 4.79 Å². The van der Waals surface area contributed by atoms with Crippen LogP contribution in [0.2, 0.25) is 0 Å². The number of methoxy groups -OCH3 is 1. The van der Waals surface area contributed by atoms with Gasteiger partial charge in [0.25, 0.3) is 0 Å². The van der Waals surface area contributed by atoms with Crippen molar-refractivity contribution in [2.75, 3.05) is 13.7 Å². The molecule has 0 N–H and O–H groups in total. The van der Waals surface area contributed by atoms with Gasteiger partial charge in [0, 0.05) is 10.9 Å². The van der Waals surface area contributed by atoms with E-state index in [0.29, 0.717) is 12.2 Å². The molecule has 0 aliphatic rings. The minimum Gasteiger partial charge on any atom is -0.496 e. The number of benzene rings is 2. The number of ether oxygens (including phenoxy) is 2. The van der Waals surface area contributed by atoms with E-state index < -0.39 is 0 Å². The van der Waals surface area contributed by atoms with Crippen molar-refractivity contribution in [1.29, 1.82) is 0 Å². The monoisotopic (exact) mass is 339 g/mol. The molecule has 1 aromatic heterocycles. The lowest BCUT2D eigenvalue weighted by Gasteiger charge is -2.05. The minimum absolute atomic E-state index is 0.308. The summed E-state index contributed by atoms with van der Waals surface area (Å²) < 4.78 is 10.4. The van der Waals surface area contributed by atoms with Crippen LogP contribution in [0.5, 0.6) is 5.75 Å². The standard InChI is InChI=1S/C19H17NO3S/c1-3-23-19(21)14-10-8-13(9-11-14)16-12-24-18(20-16)15-6-4-5-7-17(15)22-2/h4-12H,3H2,1-2H3. The Morgan fingerprint density at radius 2 is 1.88 bits per heavy atom. The highest BCUT2D eigenvalue weighted by atomic mass is 32.1. The molecule has 122 valence electrons. The van der Waals surface area contributed by atoms with Gasteiger partial charge in [-0.05, 0) is 31.2 Å². The van der Waals surface area contributed by atoms with Crippen molar-refractivity contribution < 1.29 is 14.3 Å². The average Bonchev–Trinajstić information content (AvgIpc) is 3.12. The summed E-state index contributed by atoms with van der Waals surface area (Å²) >= 11 is 1.56. The zero-order valence-corrected chi connectivity index (χ0v) is 14.3. The van der Waals surface area contributed by atoms with Crippen LogP contribution in [0.25, 0.3) is 21.8 Å². The van der Waals surface area contributed by atoms with E-state index in [2.05, 4.69) is 0 Å². The lowest BCUT2D eigenvalue weighted by atomic mass is 10.1. The molecule has 0 amide bonds. The lowest BCUT2D eigenvalue weighted by Crippen LogP contribution is -2.03. The Morgan fingerprint density at radius 3 is 2.58 bits per heavy atom. The Labute approximate surface area is 144 Å². The normalized spacial score (nSPS) is 10.4. The summed E-state index contributed by atoms with van der Waals surface area (Å²) in [4.78, 5) is 16.4. The van der Waals surface area contributed by atoms with E-state index in [1.165, 1.54) is 0 Å². The fraction of sp³-hybridized carbons (Fsp3) is 0.158. The second-order valence-corrected chi connectivity index (χ2v) is 5.89.